The molecule has 21 heavy (non-hydrogen) atoms. The van der Waals surface area contributed by atoms with Gasteiger partial charge in [-0.2, -0.15) is 0 Å². The molecule has 0 fully saturated rings. The number of carbonyl (C=O) groups excluding carboxylic acids is 1. The van der Waals surface area contributed by atoms with Crippen molar-refractivity contribution in [1.82, 2.24) is 5.32 Å². The Bertz CT molecular complexity index is 593. The highest BCUT2D eigenvalue weighted by Gasteiger charge is 2.07. The average molecular weight is 286 g/mol. The first kappa shape index (κ1) is 15.2. The summed E-state index contributed by atoms with van der Waals surface area (Å²) in [5, 5.41) is 5.88. The van der Waals surface area contributed by atoms with E-state index >= 15 is 0 Å². The Morgan fingerprint density at radius 1 is 1.10 bits per heavy atom. The highest BCUT2D eigenvalue weighted by atomic mass is 19.1. The van der Waals surface area contributed by atoms with Crippen molar-refractivity contribution >= 4 is 11.6 Å². The molecule has 0 saturated heterocycles. The summed E-state index contributed by atoms with van der Waals surface area (Å²) >= 11 is 0. The average Bonchev–Trinajstić information content (AvgIpc) is 2.48. The maximum Gasteiger partial charge on any atom is 0.238 e. The minimum Gasteiger partial charge on any atom is -0.325 e. The fourth-order valence-electron chi connectivity index (χ4n) is 1.96. The molecule has 0 aliphatic rings. The number of aryl methyl sites for hydroxylation is 1. The first-order valence-electron chi connectivity index (χ1n) is 6.90. The van der Waals surface area contributed by atoms with Crippen LogP contribution in [0.2, 0.25) is 0 Å². The summed E-state index contributed by atoms with van der Waals surface area (Å²) in [6.45, 7) is 4.25. The predicted octanol–water partition coefficient (Wildman–Crippen LogP) is 3.42. The monoisotopic (exact) mass is 286 g/mol. The number of benzene rings is 2. The number of anilines is 1. The number of rotatable bonds is 5. The fraction of sp³-hybridized carbons (Fsp3) is 0.235. The Morgan fingerprint density at radius 2 is 1.71 bits per heavy atom. The van der Waals surface area contributed by atoms with E-state index in [1.54, 1.807) is 0 Å². The van der Waals surface area contributed by atoms with E-state index < -0.39 is 0 Å². The van der Waals surface area contributed by atoms with Gasteiger partial charge in [-0.05, 0) is 43.7 Å². The Morgan fingerprint density at radius 3 is 2.33 bits per heavy atom. The predicted molar refractivity (Wildman–Crippen MR) is 82.6 cm³/mol. The highest BCUT2D eigenvalue weighted by Crippen LogP contribution is 2.13. The van der Waals surface area contributed by atoms with Crippen LogP contribution in [0.1, 0.15) is 24.1 Å². The lowest BCUT2D eigenvalue weighted by atomic mass is 10.1. The van der Waals surface area contributed by atoms with Gasteiger partial charge in [0.1, 0.15) is 5.82 Å². The number of halogens is 1. The topological polar surface area (TPSA) is 41.1 Å². The van der Waals surface area contributed by atoms with Crippen LogP contribution in [-0.4, -0.2) is 12.5 Å². The van der Waals surface area contributed by atoms with E-state index in [4.69, 9.17) is 0 Å². The first-order valence-corrected chi connectivity index (χ1v) is 6.90. The number of hydrogen-bond donors (Lipinski definition) is 2. The Hall–Kier alpha value is -2.20. The summed E-state index contributed by atoms with van der Waals surface area (Å²) in [4.78, 5) is 11.8. The van der Waals surface area contributed by atoms with E-state index in [1.807, 2.05) is 38.1 Å². The van der Waals surface area contributed by atoms with E-state index in [1.165, 1.54) is 29.8 Å². The second kappa shape index (κ2) is 6.99. The highest BCUT2D eigenvalue weighted by molar-refractivity contribution is 5.92. The molecular formula is C17H19FN2O. The van der Waals surface area contributed by atoms with Gasteiger partial charge in [-0.15, -0.1) is 0 Å². The van der Waals surface area contributed by atoms with Gasteiger partial charge < -0.3 is 10.6 Å². The molecule has 1 amide bonds. The Kier molecular flexibility index (Phi) is 5.06. The van der Waals surface area contributed by atoms with Gasteiger partial charge in [-0.25, -0.2) is 4.39 Å². The largest absolute Gasteiger partial charge is 0.325 e. The van der Waals surface area contributed by atoms with Gasteiger partial charge in [0.25, 0.3) is 0 Å². The van der Waals surface area contributed by atoms with Gasteiger partial charge in [0.05, 0.1) is 6.54 Å². The summed E-state index contributed by atoms with van der Waals surface area (Å²) < 4.78 is 12.8. The molecule has 2 aromatic carbocycles. The molecule has 0 aliphatic carbocycles. The zero-order valence-electron chi connectivity index (χ0n) is 12.2. The van der Waals surface area contributed by atoms with Crippen LogP contribution in [0.4, 0.5) is 10.1 Å². The fourth-order valence-corrected chi connectivity index (χ4v) is 1.96. The number of amides is 1. The summed E-state index contributed by atoms with van der Waals surface area (Å²) in [6.07, 6.45) is 0. The minimum atomic E-state index is -0.320. The summed E-state index contributed by atoms with van der Waals surface area (Å²) in [5.74, 6) is -0.473. The maximum atomic E-state index is 12.8. The third kappa shape index (κ3) is 4.68. The lowest BCUT2D eigenvalue weighted by Crippen LogP contribution is -2.30. The van der Waals surface area contributed by atoms with Crippen LogP contribution >= 0.6 is 0 Å². The third-order valence-electron chi connectivity index (χ3n) is 3.27. The minimum absolute atomic E-state index is 0.0876. The number of nitrogens with one attached hydrogen (secondary N) is 2. The quantitative estimate of drug-likeness (QED) is 0.884. The molecule has 0 heterocycles. The molecule has 0 spiro atoms. The van der Waals surface area contributed by atoms with Crippen LogP contribution in [0.3, 0.4) is 0 Å². The van der Waals surface area contributed by atoms with E-state index in [0.29, 0.717) is 5.69 Å². The van der Waals surface area contributed by atoms with Crippen LogP contribution in [0, 0.1) is 12.7 Å². The smallest absolute Gasteiger partial charge is 0.238 e. The van der Waals surface area contributed by atoms with E-state index in [2.05, 4.69) is 10.6 Å². The van der Waals surface area contributed by atoms with E-state index in [-0.39, 0.29) is 24.3 Å². The second-order valence-corrected chi connectivity index (χ2v) is 5.07. The third-order valence-corrected chi connectivity index (χ3v) is 3.27. The van der Waals surface area contributed by atoms with Crippen LogP contribution in [0.25, 0.3) is 0 Å². The van der Waals surface area contributed by atoms with Crippen molar-refractivity contribution in [3.8, 4) is 0 Å². The number of hydrogen-bond acceptors (Lipinski definition) is 2. The molecule has 4 heteroatoms. The molecule has 2 aromatic rings. The van der Waals surface area contributed by atoms with Gasteiger partial charge in [0.15, 0.2) is 0 Å². The van der Waals surface area contributed by atoms with Gasteiger partial charge >= 0.3 is 0 Å². The molecule has 3 nitrogen and oxygen atoms in total. The van der Waals surface area contributed by atoms with Gasteiger partial charge in [-0.1, -0.05) is 29.8 Å². The van der Waals surface area contributed by atoms with Crippen LogP contribution in [0.5, 0.6) is 0 Å². The van der Waals surface area contributed by atoms with Gasteiger partial charge in [0.2, 0.25) is 5.91 Å². The molecule has 110 valence electrons. The normalized spacial score (nSPS) is 12.0. The lowest BCUT2D eigenvalue weighted by molar-refractivity contribution is -0.115. The zero-order chi connectivity index (χ0) is 15.2. The lowest BCUT2D eigenvalue weighted by Gasteiger charge is -2.14. The standard InChI is InChI=1S/C17H19FN2O/c1-12-3-5-14(6-4-12)13(2)19-11-17(21)20-16-9-7-15(18)8-10-16/h3-10,13,19H,11H2,1-2H3,(H,20,21)/t13-/m0/s1. The van der Waals surface area contributed by atoms with Crippen LogP contribution in [0.15, 0.2) is 48.5 Å². The van der Waals surface area contributed by atoms with Crippen molar-refractivity contribution in [2.45, 2.75) is 19.9 Å². The summed E-state index contributed by atoms with van der Waals surface area (Å²) in [5.41, 5.74) is 2.93. The summed E-state index contributed by atoms with van der Waals surface area (Å²) in [7, 11) is 0. The van der Waals surface area contributed by atoms with Crippen molar-refractivity contribution in [2.24, 2.45) is 0 Å². The van der Waals surface area contributed by atoms with Crippen molar-refractivity contribution in [2.75, 3.05) is 11.9 Å². The van der Waals surface area contributed by atoms with Gasteiger partial charge in [-0.3, -0.25) is 4.79 Å². The molecular weight excluding hydrogens is 267 g/mol. The zero-order valence-corrected chi connectivity index (χ0v) is 12.2. The SMILES string of the molecule is Cc1ccc([C@H](C)NCC(=O)Nc2ccc(F)cc2)cc1. The molecule has 0 saturated carbocycles. The second-order valence-electron chi connectivity index (χ2n) is 5.07. The van der Waals surface area contributed by atoms with E-state index in [0.717, 1.165) is 5.56 Å². The molecule has 1 atom stereocenters. The van der Waals surface area contributed by atoms with E-state index in [9.17, 15) is 9.18 Å². The molecule has 0 bridgehead atoms. The van der Waals surface area contributed by atoms with Crippen LogP contribution in [-0.2, 0) is 4.79 Å². The molecule has 0 unspecified atom stereocenters. The molecule has 2 N–H and O–H groups in total. The van der Waals surface area contributed by atoms with Crippen molar-refractivity contribution in [3.63, 3.8) is 0 Å². The number of carbonyl (C=O) groups is 1. The molecule has 0 radical (unpaired) electrons. The molecule has 0 aliphatic heterocycles. The van der Waals surface area contributed by atoms with Gasteiger partial charge in [0, 0.05) is 11.7 Å². The van der Waals surface area contributed by atoms with Crippen molar-refractivity contribution in [1.29, 1.82) is 0 Å². The maximum absolute atomic E-state index is 12.8. The van der Waals surface area contributed by atoms with Crippen LogP contribution < -0.4 is 10.6 Å². The molecule has 0 aromatic heterocycles. The Balaban J connectivity index is 1.83. The van der Waals surface area contributed by atoms with Crippen molar-refractivity contribution < 1.29 is 9.18 Å². The van der Waals surface area contributed by atoms with Crippen molar-refractivity contribution in [3.05, 3.63) is 65.5 Å². The molecule has 2 rings (SSSR count). The first-order chi connectivity index (χ1) is 10.0. The summed E-state index contributed by atoms with van der Waals surface area (Å²) in [6, 6.07) is 14.0. The Labute approximate surface area is 124 Å².